The maximum atomic E-state index is 4.57. The molecule has 1 heterocycles. The summed E-state index contributed by atoms with van der Waals surface area (Å²) in [6, 6.07) is 3.07. The standard InChI is InChI=1S/C16H29N3/c1-6-13-10-15(19(5)18-13)9-12(16(2,3)4)11-17-14-7-8-14/h10,12,14,17H,6-9,11H2,1-5H3. The predicted octanol–water partition coefficient (Wildman–Crippen LogP) is 2.94. The van der Waals surface area contributed by atoms with Crippen molar-refractivity contribution in [1.82, 2.24) is 15.1 Å². The Hall–Kier alpha value is -0.830. The predicted molar refractivity (Wildman–Crippen MR) is 80.3 cm³/mol. The Labute approximate surface area is 117 Å². The van der Waals surface area contributed by atoms with Gasteiger partial charge in [0.1, 0.15) is 0 Å². The molecule has 1 aliphatic carbocycles. The lowest BCUT2D eigenvalue weighted by molar-refractivity contribution is 0.227. The van der Waals surface area contributed by atoms with E-state index in [4.69, 9.17) is 0 Å². The SMILES string of the molecule is CCc1cc(CC(CNC2CC2)C(C)(C)C)n(C)n1. The van der Waals surface area contributed by atoms with Gasteiger partial charge < -0.3 is 5.32 Å². The number of hydrogen-bond acceptors (Lipinski definition) is 2. The van der Waals surface area contributed by atoms with Crippen LogP contribution in [-0.4, -0.2) is 22.4 Å². The summed E-state index contributed by atoms with van der Waals surface area (Å²) in [4.78, 5) is 0. The van der Waals surface area contributed by atoms with Gasteiger partial charge in [0.2, 0.25) is 0 Å². The Morgan fingerprint density at radius 3 is 2.58 bits per heavy atom. The molecular formula is C16H29N3. The first-order chi connectivity index (χ1) is 8.90. The smallest absolute Gasteiger partial charge is 0.0624 e. The molecule has 0 aromatic carbocycles. The normalized spacial score (nSPS) is 17.7. The second kappa shape index (κ2) is 5.66. The Morgan fingerprint density at radius 2 is 2.11 bits per heavy atom. The van der Waals surface area contributed by atoms with E-state index in [1.54, 1.807) is 0 Å². The molecule has 3 heteroatoms. The maximum absolute atomic E-state index is 4.57. The zero-order valence-corrected chi connectivity index (χ0v) is 13.2. The van der Waals surface area contributed by atoms with Gasteiger partial charge in [-0.2, -0.15) is 5.10 Å². The Kier molecular flexibility index (Phi) is 4.34. The van der Waals surface area contributed by atoms with Crippen molar-refractivity contribution in [2.75, 3.05) is 6.54 Å². The highest BCUT2D eigenvalue weighted by molar-refractivity contribution is 5.11. The van der Waals surface area contributed by atoms with Gasteiger partial charge in [-0.15, -0.1) is 0 Å². The van der Waals surface area contributed by atoms with E-state index in [1.807, 2.05) is 0 Å². The molecule has 1 aliphatic rings. The monoisotopic (exact) mass is 263 g/mol. The summed E-state index contributed by atoms with van der Waals surface area (Å²) in [5, 5.41) is 8.26. The first-order valence-corrected chi connectivity index (χ1v) is 7.65. The topological polar surface area (TPSA) is 29.9 Å². The Morgan fingerprint density at radius 1 is 1.42 bits per heavy atom. The molecule has 0 amide bonds. The third-order valence-corrected chi connectivity index (χ3v) is 4.30. The molecule has 3 nitrogen and oxygen atoms in total. The zero-order chi connectivity index (χ0) is 14.0. The molecule has 2 rings (SSSR count). The second-order valence-electron chi connectivity index (χ2n) is 7.05. The van der Waals surface area contributed by atoms with Gasteiger partial charge in [0.15, 0.2) is 0 Å². The number of aromatic nitrogens is 2. The van der Waals surface area contributed by atoms with Crippen LogP contribution in [0.15, 0.2) is 6.07 Å². The summed E-state index contributed by atoms with van der Waals surface area (Å²) in [6.07, 6.45) is 4.87. The van der Waals surface area contributed by atoms with Crippen LogP contribution in [0.2, 0.25) is 0 Å². The fraction of sp³-hybridized carbons (Fsp3) is 0.812. The van der Waals surface area contributed by atoms with Crippen LogP contribution in [-0.2, 0) is 19.9 Å². The van der Waals surface area contributed by atoms with Crippen molar-refractivity contribution >= 4 is 0 Å². The van der Waals surface area contributed by atoms with Crippen molar-refractivity contribution in [3.05, 3.63) is 17.5 Å². The lowest BCUT2D eigenvalue weighted by atomic mass is 9.78. The molecule has 0 aliphatic heterocycles. The van der Waals surface area contributed by atoms with E-state index in [0.717, 1.165) is 25.4 Å². The minimum absolute atomic E-state index is 0.332. The summed E-state index contributed by atoms with van der Waals surface area (Å²) in [5.41, 5.74) is 2.91. The molecule has 1 unspecified atom stereocenters. The minimum atomic E-state index is 0.332. The van der Waals surface area contributed by atoms with Crippen molar-refractivity contribution in [1.29, 1.82) is 0 Å². The summed E-state index contributed by atoms with van der Waals surface area (Å²) >= 11 is 0. The van der Waals surface area contributed by atoms with Crippen LogP contribution in [0.4, 0.5) is 0 Å². The molecule has 1 saturated carbocycles. The van der Waals surface area contributed by atoms with E-state index in [1.165, 1.54) is 24.2 Å². The number of nitrogens with one attached hydrogen (secondary N) is 1. The molecule has 0 saturated heterocycles. The first kappa shape index (κ1) is 14.6. The highest BCUT2D eigenvalue weighted by Crippen LogP contribution is 2.30. The van der Waals surface area contributed by atoms with Gasteiger partial charge in [0.25, 0.3) is 0 Å². The van der Waals surface area contributed by atoms with E-state index in [9.17, 15) is 0 Å². The fourth-order valence-electron chi connectivity index (χ4n) is 2.47. The zero-order valence-electron chi connectivity index (χ0n) is 13.2. The number of nitrogens with zero attached hydrogens (tertiary/aromatic N) is 2. The number of hydrogen-bond donors (Lipinski definition) is 1. The van der Waals surface area contributed by atoms with Crippen molar-refractivity contribution in [2.45, 2.75) is 59.4 Å². The Balaban J connectivity index is 2.02. The molecule has 1 aromatic heterocycles. The van der Waals surface area contributed by atoms with E-state index in [-0.39, 0.29) is 0 Å². The number of rotatable bonds is 6. The third kappa shape index (κ3) is 4.07. The summed E-state index contributed by atoms with van der Waals surface area (Å²) < 4.78 is 2.06. The first-order valence-electron chi connectivity index (χ1n) is 7.65. The summed E-state index contributed by atoms with van der Waals surface area (Å²) in [5.74, 6) is 0.660. The molecule has 1 fully saturated rings. The Bertz CT molecular complexity index is 410. The molecule has 0 radical (unpaired) electrons. The molecule has 0 spiro atoms. The molecule has 19 heavy (non-hydrogen) atoms. The van der Waals surface area contributed by atoms with Crippen LogP contribution in [0.3, 0.4) is 0 Å². The number of aryl methyl sites for hydroxylation is 2. The van der Waals surface area contributed by atoms with Gasteiger partial charge in [-0.25, -0.2) is 0 Å². The average Bonchev–Trinajstić information content (AvgIpc) is 3.07. The van der Waals surface area contributed by atoms with Gasteiger partial charge in [0, 0.05) is 18.8 Å². The molecule has 1 atom stereocenters. The van der Waals surface area contributed by atoms with Crippen molar-refractivity contribution in [3.8, 4) is 0 Å². The average molecular weight is 263 g/mol. The van der Waals surface area contributed by atoms with Gasteiger partial charge in [-0.05, 0) is 49.6 Å². The quantitative estimate of drug-likeness (QED) is 0.855. The van der Waals surface area contributed by atoms with Crippen LogP contribution in [0.25, 0.3) is 0 Å². The molecule has 1 aromatic rings. The third-order valence-electron chi connectivity index (χ3n) is 4.30. The van der Waals surface area contributed by atoms with Gasteiger partial charge in [-0.1, -0.05) is 27.7 Å². The van der Waals surface area contributed by atoms with E-state index in [2.05, 4.69) is 55.9 Å². The van der Waals surface area contributed by atoms with E-state index >= 15 is 0 Å². The van der Waals surface area contributed by atoms with Crippen LogP contribution in [0.5, 0.6) is 0 Å². The minimum Gasteiger partial charge on any atom is -0.314 e. The molecule has 1 N–H and O–H groups in total. The fourth-order valence-corrected chi connectivity index (χ4v) is 2.47. The van der Waals surface area contributed by atoms with Crippen LogP contribution in [0.1, 0.15) is 51.9 Å². The highest BCUT2D eigenvalue weighted by atomic mass is 15.3. The molecular weight excluding hydrogens is 234 g/mol. The van der Waals surface area contributed by atoms with Crippen LogP contribution < -0.4 is 5.32 Å². The molecule has 108 valence electrons. The van der Waals surface area contributed by atoms with Gasteiger partial charge >= 0.3 is 0 Å². The summed E-state index contributed by atoms with van der Waals surface area (Å²) in [6.45, 7) is 10.3. The second-order valence-corrected chi connectivity index (χ2v) is 7.05. The van der Waals surface area contributed by atoms with Crippen molar-refractivity contribution in [2.24, 2.45) is 18.4 Å². The van der Waals surface area contributed by atoms with Crippen molar-refractivity contribution < 1.29 is 0 Å². The maximum Gasteiger partial charge on any atom is 0.0624 e. The van der Waals surface area contributed by atoms with Crippen LogP contribution in [0, 0.1) is 11.3 Å². The van der Waals surface area contributed by atoms with Gasteiger partial charge in [0.05, 0.1) is 5.69 Å². The van der Waals surface area contributed by atoms with Crippen molar-refractivity contribution in [3.63, 3.8) is 0 Å². The molecule has 0 bridgehead atoms. The largest absolute Gasteiger partial charge is 0.314 e. The van der Waals surface area contributed by atoms with E-state index < -0.39 is 0 Å². The lowest BCUT2D eigenvalue weighted by Crippen LogP contribution is -2.34. The summed E-state index contributed by atoms with van der Waals surface area (Å²) in [7, 11) is 2.07. The van der Waals surface area contributed by atoms with Crippen LogP contribution >= 0.6 is 0 Å². The van der Waals surface area contributed by atoms with E-state index in [0.29, 0.717) is 11.3 Å². The highest BCUT2D eigenvalue weighted by Gasteiger charge is 2.28. The van der Waals surface area contributed by atoms with Gasteiger partial charge in [-0.3, -0.25) is 4.68 Å². The lowest BCUT2D eigenvalue weighted by Gasteiger charge is -2.31.